The number of halogens is 2. The van der Waals surface area contributed by atoms with Gasteiger partial charge in [-0.2, -0.15) is 0 Å². The van der Waals surface area contributed by atoms with Crippen LogP contribution in [0.25, 0.3) is 0 Å². The monoisotopic (exact) mass is 356 g/mol. The summed E-state index contributed by atoms with van der Waals surface area (Å²) in [7, 11) is 0. The molecule has 4 atom stereocenters. The van der Waals surface area contributed by atoms with Crippen molar-refractivity contribution in [2.75, 3.05) is 0 Å². The van der Waals surface area contributed by atoms with Crippen molar-refractivity contribution in [3.63, 3.8) is 0 Å². The normalized spacial score (nSPS) is 27.7. The third kappa shape index (κ3) is 3.43. The minimum atomic E-state index is -0.443. The molecule has 2 aromatic rings. The van der Waals surface area contributed by atoms with E-state index in [4.69, 9.17) is 4.74 Å². The fraction of sp³-hybridized carbons (Fsp3) is 0.409. The molecule has 0 radical (unpaired) electrons. The van der Waals surface area contributed by atoms with Gasteiger partial charge in [0.1, 0.15) is 24.0 Å². The van der Waals surface area contributed by atoms with Gasteiger partial charge in [-0.1, -0.05) is 30.7 Å². The van der Waals surface area contributed by atoms with Crippen molar-refractivity contribution >= 4 is 6.29 Å². The molecule has 2 saturated carbocycles. The smallest absolute Gasteiger partial charge is 0.125 e. The van der Waals surface area contributed by atoms with Gasteiger partial charge in [-0.15, -0.1) is 0 Å². The second-order valence-corrected chi connectivity index (χ2v) is 7.55. The van der Waals surface area contributed by atoms with Crippen LogP contribution in [0.1, 0.15) is 42.9 Å². The number of carbonyl (C=O) groups excluding carboxylic acids is 1. The van der Waals surface area contributed by atoms with Crippen LogP contribution in [0.4, 0.5) is 8.78 Å². The minimum Gasteiger partial charge on any atom is -0.365 e. The summed E-state index contributed by atoms with van der Waals surface area (Å²) in [5.41, 5.74) is 1.61. The summed E-state index contributed by atoms with van der Waals surface area (Å²) in [5.74, 6) is 0.292. The first-order valence-corrected chi connectivity index (χ1v) is 9.25. The number of rotatable bonds is 5. The number of fused-ring (bicyclic) bond motifs is 2. The molecule has 0 spiro atoms. The average Bonchev–Trinajstić information content (AvgIpc) is 3.03. The van der Waals surface area contributed by atoms with Gasteiger partial charge in [0.25, 0.3) is 0 Å². The summed E-state index contributed by atoms with van der Waals surface area (Å²) >= 11 is 0. The molecular formula is C22H22F2O2. The van der Waals surface area contributed by atoms with Gasteiger partial charge in [-0.05, 0) is 66.5 Å². The van der Waals surface area contributed by atoms with Crippen molar-refractivity contribution in [1.29, 1.82) is 0 Å². The van der Waals surface area contributed by atoms with Crippen molar-refractivity contribution < 1.29 is 18.3 Å². The maximum absolute atomic E-state index is 13.4. The number of aldehydes is 1. The van der Waals surface area contributed by atoms with Gasteiger partial charge in [0.05, 0.1) is 6.10 Å². The van der Waals surface area contributed by atoms with Gasteiger partial charge in [-0.25, -0.2) is 8.78 Å². The quantitative estimate of drug-likeness (QED) is 0.699. The van der Waals surface area contributed by atoms with E-state index in [9.17, 15) is 13.6 Å². The molecule has 2 nitrogen and oxygen atoms in total. The molecule has 26 heavy (non-hydrogen) atoms. The molecule has 2 bridgehead atoms. The van der Waals surface area contributed by atoms with E-state index in [-0.39, 0.29) is 23.7 Å². The standard InChI is InChI=1S/C22H22F2O2/c23-18-7-3-15(4-8-18)22(16-5-9-19(24)10-6-16)26-21-12-14-1-2-17(11-14)20(21)13-25/h3-10,13-14,17,20-22H,1-2,11-12H2/t14?,17?,20-,21+/m1/s1. The number of benzene rings is 2. The molecule has 0 amide bonds. The van der Waals surface area contributed by atoms with Gasteiger partial charge in [0, 0.05) is 5.92 Å². The van der Waals surface area contributed by atoms with E-state index in [1.807, 2.05) is 0 Å². The Balaban J connectivity index is 1.65. The summed E-state index contributed by atoms with van der Waals surface area (Å²) < 4.78 is 33.2. The van der Waals surface area contributed by atoms with Crippen molar-refractivity contribution in [3.05, 3.63) is 71.3 Å². The van der Waals surface area contributed by atoms with E-state index in [0.717, 1.165) is 43.1 Å². The fourth-order valence-electron chi connectivity index (χ4n) is 4.61. The molecule has 4 rings (SSSR count). The molecular weight excluding hydrogens is 334 g/mol. The molecule has 0 aromatic heterocycles. The number of hydrogen-bond donors (Lipinski definition) is 0. The minimum absolute atomic E-state index is 0.0999. The molecule has 0 aliphatic heterocycles. The highest BCUT2D eigenvalue weighted by Crippen LogP contribution is 2.47. The summed E-state index contributed by atoms with van der Waals surface area (Å²) in [6.07, 6.45) is 4.68. The maximum Gasteiger partial charge on any atom is 0.125 e. The molecule has 2 aliphatic rings. The zero-order valence-electron chi connectivity index (χ0n) is 14.5. The second kappa shape index (κ2) is 7.28. The predicted molar refractivity (Wildman–Crippen MR) is 94.5 cm³/mol. The van der Waals surface area contributed by atoms with Crippen LogP contribution in [0.2, 0.25) is 0 Å². The molecule has 2 aromatic carbocycles. The van der Waals surface area contributed by atoms with E-state index in [1.165, 1.54) is 24.3 Å². The third-order valence-corrected chi connectivity index (χ3v) is 5.93. The van der Waals surface area contributed by atoms with E-state index in [2.05, 4.69) is 0 Å². The highest BCUT2D eigenvalue weighted by molar-refractivity contribution is 5.55. The summed E-state index contributed by atoms with van der Waals surface area (Å²) in [6, 6.07) is 12.4. The Morgan fingerprint density at radius 1 is 0.885 bits per heavy atom. The topological polar surface area (TPSA) is 26.3 Å². The molecule has 0 heterocycles. The van der Waals surface area contributed by atoms with Crippen LogP contribution in [0.15, 0.2) is 48.5 Å². The average molecular weight is 356 g/mol. The van der Waals surface area contributed by atoms with Gasteiger partial charge in [-0.3, -0.25) is 0 Å². The van der Waals surface area contributed by atoms with E-state index in [1.54, 1.807) is 24.3 Å². The summed E-state index contributed by atoms with van der Waals surface area (Å²) in [4.78, 5) is 11.7. The lowest BCUT2D eigenvalue weighted by Gasteiger charge is -2.36. The predicted octanol–water partition coefficient (Wildman–Crippen LogP) is 5.07. The molecule has 4 heteroatoms. The van der Waals surface area contributed by atoms with Crippen LogP contribution in [-0.4, -0.2) is 12.4 Å². The molecule has 2 fully saturated rings. The van der Waals surface area contributed by atoms with Crippen LogP contribution in [0.3, 0.4) is 0 Å². The zero-order chi connectivity index (χ0) is 18.1. The number of carbonyl (C=O) groups is 1. The highest BCUT2D eigenvalue weighted by Gasteiger charge is 2.43. The van der Waals surface area contributed by atoms with Crippen molar-refractivity contribution in [2.45, 2.75) is 37.9 Å². The highest BCUT2D eigenvalue weighted by atomic mass is 19.1. The van der Waals surface area contributed by atoms with Crippen LogP contribution >= 0.6 is 0 Å². The Morgan fingerprint density at radius 2 is 1.46 bits per heavy atom. The lowest BCUT2D eigenvalue weighted by Crippen LogP contribution is -2.36. The van der Waals surface area contributed by atoms with Crippen LogP contribution in [0.5, 0.6) is 0 Å². The molecule has 2 unspecified atom stereocenters. The van der Waals surface area contributed by atoms with Gasteiger partial charge < -0.3 is 9.53 Å². The summed E-state index contributed by atoms with van der Waals surface area (Å²) in [6.45, 7) is 0. The maximum atomic E-state index is 13.4. The van der Waals surface area contributed by atoms with Crippen molar-refractivity contribution in [2.24, 2.45) is 17.8 Å². The SMILES string of the molecule is O=C[C@@H]1C2CCC(C2)C[C@@H]1OC(c1ccc(F)cc1)c1ccc(F)cc1. The second-order valence-electron chi connectivity index (χ2n) is 7.55. The Kier molecular flexibility index (Phi) is 4.86. The number of ether oxygens (including phenoxy) is 1. The first-order valence-electron chi connectivity index (χ1n) is 9.25. The number of hydrogen-bond acceptors (Lipinski definition) is 2. The van der Waals surface area contributed by atoms with Gasteiger partial charge in [0.2, 0.25) is 0 Å². The Bertz CT molecular complexity index is 711. The Morgan fingerprint density at radius 3 is 2.00 bits per heavy atom. The Hall–Kier alpha value is -2.07. The summed E-state index contributed by atoms with van der Waals surface area (Å²) in [5, 5.41) is 0. The first kappa shape index (κ1) is 17.3. The van der Waals surface area contributed by atoms with Crippen LogP contribution < -0.4 is 0 Å². The van der Waals surface area contributed by atoms with Crippen LogP contribution in [-0.2, 0) is 9.53 Å². The fourth-order valence-corrected chi connectivity index (χ4v) is 4.61. The van der Waals surface area contributed by atoms with E-state index >= 15 is 0 Å². The lowest BCUT2D eigenvalue weighted by atomic mass is 9.78. The molecule has 136 valence electrons. The third-order valence-electron chi connectivity index (χ3n) is 5.93. The van der Waals surface area contributed by atoms with Gasteiger partial charge >= 0.3 is 0 Å². The molecule has 0 saturated heterocycles. The zero-order valence-corrected chi connectivity index (χ0v) is 14.5. The van der Waals surface area contributed by atoms with Crippen molar-refractivity contribution in [1.82, 2.24) is 0 Å². The first-order chi connectivity index (χ1) is 12.6. The Labute approximate surface area is 152 Å². The lowest BCUT2D eigenvalue weighted by molar-refractivity contribution is -0.124. The van der Waals surface area contributed by atoms with Gasteiger partial charge in [0.15, 0.2) is 0 Å². The van der Waals surface area contributed by atoms with Crippen molar-refractivity contribution in [3.8, 4) is 0 Å². The molecule has 2 aliphatic carbocycles. The molecule has 0 N–H and O–H groups in total. The van der Waals surface area contributed by atoms with E-state index < -0.39 is 6.10 Å². The largest absolute Gasteiger partial charge is 0.365 e. The van der Waals surface area contributed by atoms with E-state index in [0.29, 0.717) is 11.8 Å². The van der Waals surface area contributed by atoms with Crippen LogP contribution in [0, 0.1) is 29.4 Å².